The van der Waals surface area contributed by atoms with Crippen LogP contribution in [0.25, 0.3) is 0 Å². The van der Waals surface area contributed by atoms with Gasteiger partial charge in [-0.3, -0.25) is 4.79 Å². The number of nitrogens with zero attached hydrogens (tertiary/aromatic N) is 1. The van der Waals surface area contributed by atoms with Gasteiger partial charge in [-0.25, -0.2) is 4.98 Å². The Labute approximate surface area is 112 Å². The van der Waals surface area contributed by atoms with Crippen molar-refractivity contribution in [2.24, 2.45) is 5.73 Å². The quantitative estimate of drug-likeness (QED) is 0.818. The summed E-state index contributed by atoms with van der Waals surface area (Å²) in [6, 6.07) is 9.11. The number of nitrogens with one attached hydrogen (secondary N) is 1. The molecule has 0 unspecified atom stereocenters. The standard InChI is InChI=1S/C11H15NO2.C3H4N2/c1-2-14-11(13)10(12)8-9-6-4-3-5-7-9;1-2-5-3-4-1/h3-7,10H,2,8,12H2,1H3;1-3H,(H,4,5)/t10-;/m0./s1. The predicted octanol–water partition coefficient (Wildman–Crippen LogP) is 1.53. The van der Waals surface area contributed by atoms with E-state index >= 15 is 0 Å². The van der Waals surface area contributed by atoms with Crippen molar-refractivity contribution in [3.63, 3.8) is 0 Å². The molecule has 0 aliphatic rings. The van der Waals surface area contributed by atoms with Gasteiger partial charge in [0.2, 0.25) is 0 Å². The third-order valence-electron chi connectivity index (χ3n) is 2.29. The van der Waals surface area contributed by atoms with E-state index in [1.54, 1.807) is 25.6 Å². The summed E-state index contributed by atoms with van der Waals surface area (Å²) in [4.78, 5) is 17.6. The number of rotatable bonds is 4. The Kier molecular flexibility index (Phi) is 6.97. The van der Waals surface area contributed by atoms with Crippen molar-refractivity contribution in [2.75, 3.05) is 6.61 Å². The summed E-state index contributed by atoms with van der Waals surface area (Å²) in [6.07, 6.45) is 5.61. The second kappa shape index (κ2) is 8.88. The number of benzene rings is 1. The fourth-order valence-electron chi connectivity index (χ4n) is 1.42. The van der Waals surface area contributed by atoms with Crippen LogP contribution in [0, 0.1) is 0 Å². The fourth-order valence-corrected chi connectivity index (χ4v) is 1.42. The molecule has 5 nitrogen and oxygen atoms in total. The number of esters is 1. The topological polar surface area (TPSA) is 81.0 Å². The molecule has 19 heavy (non-hydrogen) atoms. The highest BCUT2D eigenvalue weighted by Crippen LogP contribution is 2.02. The maximum Gasteiger partial charge on any atom is 0.323 e. The number of imidazole rings is 1. The molecule has 2 rings (SSSR count). The zero-order chi connectivity index (χ0) is 13.9. The lowest BCUT2D eigenvalue weighted by Crippen LogP contribution is -2.34. The van der Waals surface area contributed by atoms with Gasteiger partial charge >= 0.3 is 5.97 Å². The summed E-state index contributed by atoms with van der Waals surface area (Å²) >= 11 is 0. The maximum atomic E-state index is 11.2. The van der Waals surface area contributed by atoms with E-state index in [1.165, 1.54) is 0 Å². The Morgan fingerprint density at radius 2 is 2.16 bits per heavy atom. The van der Waals surface area contributed by atoms with E-state index in [0.717, 1.165) is 5.56 Å². The second-order valence-electron chi connectivity index (χ2n) is 3.81. The summed E-state index contributed by atoms with van der Waals surface area (Å²) in [5.74, 6) is -0.337. The minimum Gasteiger partial charge on any atom is -0.465 e. The molecule has 1 atom stereocenters. The third-order valence-corrected chi connectivity index (χ3v) is 2.29. The van der Waals surface area contributed by atoms with Gasteiger partial charge in [0.05, 0.1) is 12.9 Å². The lowest BCUT2D eigenvalue weighted by Gasteiger charge is -2.09. The zero-order valence-corrected chi connectivity index (χ0v) is 11.0. The second-order valence-corrected chi connectivity index (χ2v) is 3.81. The van der Waals surface area contributed by atoms with Gasteiger partial charge in [-0.05, 0) is 18.9 Å². The summed E-state index contributed by atoms with van der Waals surface area (Å²) in [5, 5.41) is 0. The molecular formula is C14H19N3O2. The highest BCUT2D eigenvalue weighted by molar-refractivity contribution is 5.75. The van der Waals surface area contributed by atoms with E-state index < -0.39 is 6.04 Å². The molecule has 0 fully saturated rings. The molecule has 1 aromatic heterocycles. The maximum absolute atomic E-state index is 11.2. The number of nitrogens with two attached hydrogens (primary N) is 1. The number of hydrogen-bond donors (Lipinski definition) is 2. The van der Waals surface area contributed by atoms with E-state index in [4.69, 9.17) is 10.5 Å². The molecule has 1 aromatic carbocycles. The van der Waals surface area contributed by atoms with Crippen LogP contribution in [0.1, 0.15) is 12.5 Å². The first kappa shape index (κ1) is 14.9. The third kappa shape index (κ3) is 6.38. The summed E-state index contributed by atoms with van der Waals surface area (Å²) in [7, 11) is 0. The van der Waals surface area contributed by atoms with Crippen molar-refractivity contribution < 1.29 is 9.53 Å². The molecule has 3 N–H and O–H groups in total. The Hall–Kier alpha value is -2.14. The molecule has 0 aliphatic heterocycles. The van der Waals surface area contributed by atoms with Crippen molar-refractivity contribution >= 4 is 5.97 Å². The first-order valence-corrected chi connectivity index (χ1v) is 6.13. The molecule has 102 valence electrons. The van der Waals surface area contributed by atoms with E-state index in [0.29, 0.717) is 13.0 Å². The normalized spacial score (nSPS) is 11.1. The van der Waals surface area contributed by atoms with Crippen molar-refractivity contribution in [3.05, 3.63) is 54.6 Å². The number of carbonyl (C=O) groups excluding carboxylic acids is 1. The highest BCUT2D eigenvalue weighted by atomic mass is 16.5. The minimum atomic E-state index is -0.558. The van der Waals surface area contributed by atoms with E-state index in [2.05, 4.69) is 9.97 Å². The average Bonchev–Trinajstić information content (AvgIpc) is 2.99. The molecule has 2 aromatic rings. The number of aromatic nitrogens is 2. The van der Waals surface area contributed by atoms with Gasteiger partial charge in [-0.2, -0.15) is 0 Å². The Morgan fingerprint density at radius 1 is 1.42 bits per heavy atom. The molecule has 0 saturated heterocycles. The number of carbonyl (C=O) groups is 1. The zero-order valence-electron chi connectivity index (χ0n) is 11.0. The van der Waals surface area contributed by atoms with Gasteiger partial charge in [0.15, 0.2) is 0 Å². The summed E-state index contributed by atoms with van der Waals surface area (Å²) in [5.41, 5.74) is 6.71. The van der Waals surface area contributed by atoms with Gasteiger partial charge in [0.25, 0.3) is 0 Å². The van der Waals surface area contributed by atoms with Crippen LogP contribution in [-0.2, 0) is 16.0 Å². The summed E-state index contributed by atoms with van der Waals surface area (Å²) in [6.45, 7) is 2.15. The number of aromatic amines is 1. The Balaban J connectivity index is 0.000000300. The average molecular weight is 261 g/mol. The van der Waals surface area contributed by atoms with E-state index in [-0.39, 0.29) is 5.97 Å². The van der Waals surface area contributed by atoms with Gasteiger partial charge < -0.3 is 15.5 Å². The van der Waals surface area contributed by atoms with E-state index in [9.17, 15) is 4.79 Å². The van der Waals surface area contributed by atoms with Crippen molar-refractivity contribution in [1.29, 1.82) is 0 Å². The predicted molar refractivity (Wildman–Crippen MR) is 73.3 cm³/mol. The molecule has 0 bridgehead atoms. The smallest absolute Gasteiger partial charge is 0.323 e. The molecule has 0 spiro atoms. The molecule has 0 saturated carbocycles. The first-order valence-electron chi connectivity index (χ1n) is 6.13. The molecule has 0 amide bonds. The fraction of sp³-hybridized carbons (Fsp3) is 0.286. The largest absolute Gasteiger partial charge is 0.465 e. The highest BCUT2D eigenvalue weighted by Gasteiger charge is 2.14. The number of ether oxygens (including phenoxy) is 1. The molecular weight excluding hydrogens is 242 g/mol. The van der Waals surface area contributed by atoms with Gasteiger partial charge in [-0.1, -0.05) is 30.3 Å². The van der Waals surface area contributed by atoms with Crippen molar-refractivity contribution in [3.8, 4) is 0 Å². The SMILES string of the molecule is CCOC(=O)[C@@H](N)Cc1ccccc1.c1c[nH]cn1. The van der Waals surface area contributed by atoms with Crippen LogP contribution in [0.3, 0.4) is 0 Å². The molecule has 0 aliphatic carbocycles. The van der Waals surface area contributed by atoms with Crippen molar-refractivity contribution in [2.45, 2.75) is 19.4 Å². The molecule has 1 heterocycles. The van der Waals surface area contributed by atoms with Crippen LogP contribution in [0.4, 0.5) is 0 Å². The van der Waals surface area contributed by atoms with Crippen LogP contribution >= 0.6 is 0 Å². The van der Waals surface area contributed by atoms with Gasteiger partial charge in [0, 0.05) is 12.4 Å². The number of H-pyrrole nitrogens is 1. The molecule has 0 radical (unpaired) electrons. The first-order chi connectivity index (χ1) is 9.24. The Morgan fingerprint density at radius 3 is 2.63 bits per heavy atom. The van der Waals surface area contributed by atoms with Crippen molar-refractivity contribution in [1.82, 2.24) is 9.97 Å². The van der Waals surface area contributed by atoms with Crippen LogP contribution in [0.5, 0.6) is 0 Å². The minimum absolute atomic E-state index is 0.337. The lowest BCUT2D eigenvalue weighted by atomic mass is 10.1. The number of hydrogen-bond acceptors (Lipinski definition) is 4. The van der Waals surface area contributed by atoms with Crippen LogP contribution in [0.2, 0.25) is 0 Å². The van der Waals surface area contributed by atoms with Crippen LogP contribution in [-0.4, -0.2) is 28.6 Å². The lowest BCUT2D eigenvalue weighted by molar-refractivity contribution is -0.144. The van der Waals surface area contributed by atoms with Gasteiger partial charge in [0.1, 0.15) is 6.04 Å². The summed E-state index contributed by atoms with van der Waals surface area (Å²) < 4.78 is 4.81. The molecule has 5 heteroatoms. The Bertz CT molecular complexity index is 426. The van der Waals surface area contributed by atoms with Crippen LogP contribution < -0.4 is 5.73 Å². The van der Waals surface area contributed by atoms with Gasteiger partial charge in [-0.15, -0.1) is 0 Å². The monoisotopic (exact) mass is 261 g/mol. The van der Waals surface area contributed by atoms with E-state index in [1.807, 2.05) is 30.3 Å². The van der Waals surface area contributed by atoms with Crippen LogP contribution in [0.15, 0.2) is 49.1 Å².